The number of nitriles is 1. The number of hydrogen-bond acceptors (Lipinski definition) is 5. The van der Waals surface area contributed by atoms with Gasteiger partial charge in [0.1, 0.15) is 17.8 Å². The van der Waals surface area contributed by atoms with Crippen LogP contribution >= 0.6 is 0 Å². The quantitative estimate of drug-likeness (QED) is 0.686. The normalized spacial score (nSPS) is 18.4. The van der Waals surface area contributed by atoms with Crippen LogP contribution in [0.3, 0.4) is 0 Å². The minimum atomic E-state index is -0.690. The number of benzene rings is 1. The SMILES string of the molecule is N#CC1(Cc2ccc(F)cc2)CCN(C(=O)c2cccnc2-c2ccncn2)C1. The summed E-state index contributed by atoms with van der Waals surface area (Å²) in [6.07, 6.45) is 5.67. The Kier molecular flexibility index (Phi) is 5.00. The van der Waals surface area contributed by atoms with Crippen molar-refractivity contribution in [2.75, 3.05) is 13.1 Å². The summed E-state index contributed by atoms with van der Waals surface area (Å²) in [4.78, 5) is 27.4. The smallest absolute Gasteiger partial charge is 0.256 e. The van der Waals surface area contributed by atoms with Crippen molar-refractivity contribution in [3.05, 3.63) is 78.1 Å². The zero-order chi connectivity index (χ0) is 20.3. The first-order valence-corrected chi connectivity index (χ1v) is 9.27. The van der Waals surface area contributed by atoms with Crippen LogP contribution in [-0.4, -0.2) is 38.8 Å². The van der Waals surface area contributed by atoms with Crippen LogP contribution in [0.1, 0.15) is 22.3 Å². The third kappa shape index (κ3) is 3.83. The molecule has 4 rings (SSSR count). The van der Waals surface area contributed by atoms with Crippen molar-refractivity contribution in [2.24, 2.45) is 5.41 Å². The van der Waals surface area contributed by atoms with E-state index >= 15 is 0 Å². The van der Waals surface area contributed by atoms with Crippen LogP contribution in [0, 0.1) is 22.6 Å². The molecular weight excluding hydrogens is 369 g/mol. The molecule has 0 spiro atoms. The van der Waals surface area contributed by atoms with E-state index in [0.29, 0.717) is 42.9 Å². The minimum absolute atomic E-state index is 0.178. The molecule has 0 N–H and O–H groups in total. The Labute approximate surface area is 167 Å². The molecule has 1 aliphatic rings. The first kappa shape index (κ1) is 18.7. The summed E-state index contributed by atoms with van der Waals surface area (Å²) < 4.78 is 13.2. The van der Waals surface area contributed by atoms with Crippen LogP contribution in [0.25, 0.3) is 11.4 Å². The van der Waals surface area contributed by atoms with E-state index in [-0.39, 0.29) is 11.7 Å². The molecule has 0 radical (unpaired) electrons. The molecule has 1 saturated heterocycles. The van der Waals surface area contributed by atoms with Crippen LogP contribution in [0.5, 0.6) is 0 Å². The second-order valence-corrected chi connectivity index (χ2v) is 7.17. The first-order valence-electron chi connectivity index (χ1n) is 9.27. The predicted octanol–water partition coefficient (Wildman–Crippen LogP) is 3.28. The van der Waals surface area contributed by atoms with Gasteiger partial charge in [0.15, 0.2) is 0 Å². The fraction of sp³-hybridized carbons (Fsp3) is 0.227. The van der Waals surface area contributed by atoms with Crippen molar-refractivity contribution in [3.8, 4) is 17.5 Å². The van der Waals surface area contributed by atoms with Crippen molar-refractivity contribution >= 4 is 5.91 Å². The first-order chi connectivity index (χ1) is 14.1. The molecule has 29 heavy (non-hydrogen) atoms. The monoisotopic (exact) mass is 387 g/mol. The van der Waals surface area contributed by atoms with E-state index < -0.39 is 5.41 Å². The van der Waals surface area contributed by atoms with Crippen molar-refractivity contribution in [1.29, 1.82) is 5.26 Å². The largest absolute Gasteiger partial charge is 0.337 e. The zero-order valence-electron chi connectivity index (χ0n) is 15.6. The number of rotatable bonds is 4. The van der Waals surface area contributed by atoms with Gasteiger partial charge in [0, 0.05) is 25.5 Å². The van der Waals surface area contributed by atoms with Crippen molar-refractivity contribution in [1.82, 2.24) is 19.9 Å². The highest BCUT2D eigenvalue weighted by Crippen LogP contribution is 2.35. The van der Waals surface area contributed by atoms with Gasteiger partial charge in [-0.1, -0.05) is 12.1 Å². The van der Waals surface area contributed by atoms with Crippen LogP contribution in [0.2, 0.25) is 0 Å². The average Bonchev–Trinajstić information content (AvgIpc) is 3.20. The van der Waals surface area contributed by atoms with Gasteiger partial charge in [0.2, 0.25) is 0 Å². The van der Waals surface area contributed by atoms with Gasteiger partial charge in [-0.25, -0.2) is 14.4 Å². The molecule has 0 saturated carbocycles. The maximum Gasteiger partial charge on any atom is 0.256 e. The van der Waals surface area contributed by atoms with E-state index in [1.165, 1.54) is 18.5 Å². The molecule has 1 fully saturated rings. The molecule has 2 aromatic heterocycles. The highest BCUT2D eigenvalue weighted by atomic mass is 19.1. The Balaban J connectivity index is 1.57. The van der Waals surface area contributed by atoms with E-state index in [1.54, 1.807) is 47.6 Å². The maximum atomic E-state index is 13.2. The fourth-order valence-corrected chi connectivity index (χ4v) is 3.70. The highest BCUT2D eigenvalue weighted by molar-refractivity contribution is 5.99. The minimum Gasteiger partial charge on any atom is -0.337 e. The Morgan fingerprint density at radius 3 is 2.72 bits per heavy atom. The number of carbonyl (C=O) groups is 1. The highest BCUT2D eigenvalue weighted by Gasteiger charge is 2.41. The lowest BCUT2D eigenvalue weighted by molar-refractivity contribution is 0.0781. The van der Waals surface area contributed by atoms with E-state index in [0.717, 1.165) is 5.56 Å². The number of amides is 1. The molecule has 1 atom stereocenters. The lowest BCUT2D eigenvalue weighted by atomic mass is 9.82. The molecule has 3 heterocycles. The van der Waals surface area contributed by atoms with Gasteiger partial charge in [-0.2, -0.15) is 5.26 Å². The Hall–Kier alpha value is -3.66. The van der Waals surface area contributed by atoms with Gasteiger partial charge in [-0.05, 0) is 48.7 Å². The molecule has 144 valence electrons. The molecule has 7 heteroatoms. The topological polar surface area (TPSA) is 82.8 Å². The number of nitrogens with zero attached hydrogens (tertiary/aromatic N) is 5. The summed E-state index contributed by atoms with van der Waals surface area (Å²) in [7, 11) is 0. The Morgan fingerprint density at radius 2 is 2.00 bits per heavy atom. The standard InChI is InChI=1S/C22H18FN5O/c23-17-5-3-16(4-6-17)12-22(13-24)8-11-28(14-22)21(29)18-2-1-9-26-20(18)19-7-10-25-15-27-19/h1-7,9-10,15H,8,11-12,14H2. The Morgan fingerprint density at radius 1 is 1.17 bits per heavy atom. The van der Waals surface area contributed by atoms with Gasteiger partial charge >= 0.3 is 0 Å². The van der Waals surface area contributed by atoms with E-state index in [4.69, 9.17) is 0 Å². The van der Waals surface area contributed by atoms with Gasteiger partial charge < -0.3 is 4.90 Å². The third-order valence-electron chi connectivity index (χ3n) is 5.20. The third-order valence-corrected chi connectivity index (χ3v) is 5.20. The van der Waals surface area contributed by atoms with Crippen LogP contribution in [0.4, 0.5) is 4.39 Å². The van der Waals surface area contributed by atoms with Gasteiger partial charge in [-0.15, -0.1) is 0 Å². The molecule has 0 bridgehead atoms. The van der Waals surface area contributed by atoms with Gasteiger partial charge in [-0.3, -0.25) is 9.78 Å². The molecule has 6 nitrogen and oxygen atoms in total. The second kappa shape index (κ2) is 7.76. The number of hydrogen-bond donors (Lipinski definition) is 0. The second-order valence-electron chi connectivity index (χ2n) is 7.17. The fourth-order valence-electron chi connectivity index (χ4n) is 3.70. The van der Waals surface area contributed by atoms with Crippen molar-refractivity contribution < 1.29 is 9.18 Å². The van der Waals surface area contributed by atoms with Crippen LogP contribution in [0.15, 0.2) is 61.2 Å². The van der Waals surface area contributed by atoms with Gasteiger partial charge in [0.25, 0.3) is 5.91 Å². The van der Waals surface area contributed by atoms with E-state index in [1.807, 2.05) is 0 Å². The van der Waals surface area contributed by atoms with Gasteiger partial charge in [0.05, 0.1) is 22.7 Å². The summed E-state index contributed by atoms with van der Waals surface area (Å²) >= 11 is 0. The summed E-state index contributed by atoms with van der Waals surface area (Å²) in [5.41, 5.74) is 1.70. The number of aromatic nitrogens is 3. The summed E-state index contributed by atoms with van der Waals surface area (Å²) in [6, 6.07) is 13.7. The lowest BCUT2D eigenvalue weighted by Gasteiger charge is -2.22. The number of pyridine rings is 1. The molecule has 3 aromatic rings. The number of halogens is 1. The molecule has 1 amide bonds. The zero-order valence-corrected chi connectivity index (χ0v) is 15.6. The molecule has 1 aromatic carbocycles. The summed E-state index contributed by atoms with van der Waals surface area (Å²) in [6.45, 7) is 0.795. The molecular formula is C22H18FN5O. The predicted molar refractivity (Wildman–Crippen MR) is 104 cm³/mol. The average molecular weight is 387 g/mol. The van der Waals surface area contributed by atoms with Crippen molar-refractivity contribution in [2.45, 2.75) is 12.8 Å². The summed E-state index contributed by atoms with van der Waals surface area (Å²) in [5, 5.41) is 9.84. The van der Waals surface area contributed by atoms with E-state index in [9.17, 15) is 14.4 Å². The maximum absolute atomic E-state index is 13.2. The van der Waals surface area contributed by atoms with Crippen LogP contribution < -0.4 is 0 Å². The molecule has 0 aliphatic carbocycles. The molecule has 1 aliphatic heterocycles. The summed E-state index contributed by atoms with van der Waals surface area (Å²) in [5.74, 6) is -0.486. The van der Waals surface area contributed by atoms with Crippen molar-refractivity contribution in [3.63, 3.8) is 0 Å². The Bertz CT molecular complexity index is 1060. The van der Waals surface area contributed by atoms with E-state index in [2.05, 4.69) is 21.0 Å². The lowest BCUT2D eigenvalue weighted by Crippen LogP contribution is -2.33. The molecule has 1 unspecified atom stereocenters. The number of carbonyl (C=O) groups excluding carboxylic acids is 1. The number of likely N-dealkylation sites (tertiary alicyclic amines) is 1. The van der Waals surface area contributed by atoms with Crippen LogP contribution in [-0.2, 0) is 6.42 Å².